The van der Waals surface area contributed by atoms with Crippen LogP contribution in [-0.2, 0) is 13.1 Å². The van der Waals surface area contributed by atoms with E-state index in [4.69, 9.17) is 16.3 Å². The number of ether oxygens (including phenoxy) is 1. The zero-order chi connectivity index (χ0) is 18.3. The number of fused-ring (bicyclic) bond motifs is 1. The first-order chi connectivity index (χ1) is 12.6. The molecule has 1 unspecified atom stereocenters. The minimum absolute atomic E-state index is 0.0226. The van der Waals surface area contributed by atoms with Gasteiger partial charge < -0.3 is 4.74 Å². The zero-order valence-corrected chi connectivity index (χ0v) is 14.9. The van der Waals surface area contributed by atoms with Crippen molar-refractivity contribution in [1.29, 1.82) is 0 Å². The summed E-state index contributed by atoms with van der Waals surface area (Å²) in [4.78, 5) is 12.7. The van der Waals surface area contributed by atoms with Gasteiger partial charge in [0.2, 0.25) is 0 Å². The number of halogens is 3. The molecule has 0 saturated heterocycles. The van der Waals surface area contributed by atoms with Crippen molar-refractivity contribution in [1.82, 2.24) is 9.36 Å². The van der Waals surface area contributed by atoms with E-state index in [9.17, 15) is 13.6 Å². The van der Waals surface area contributed by atoms with Crippen molar-refractivity contribution in [2.75, 3.05) is 0 Å². The molecule has 4 nitrogen and oxygen atoms in total. The Hall–Kier alpha value is -2.08. The maximum atomic E-state index is 14.5. The summed E-state index contributed by atoms with van der Waals surface area (Å²) in [7, 11) is 0. The second-order valence-corrected chi connectivity index (χ2v) is 7.06. The second kappa shape index (κ2) is 6.91. The largest absolute Gasteiger partial charge is 0.483 e. The van der Waals surface area contributed by atoms with Crippen molar-refractivity contribution in [3.63, 3.8) is 0 Å². The van der Waals surface area contributed by atoms with Gasteiger partial charge in [-0.2, -0.15) is 0 Å². The quantitative estimate of drug-likeness (QED) is 0.733. The lowest BCUT2D eigenvalue weighted by atomic mass is 10.0. The van der Waals surface area contributed by atoms with Crippen LogP contribution in [0, 0.1) is 11.6 Å². The first kappa shape index (κ1) is 17.3. The number of rotatable bonds is 3. The third-order valence-electron chi connectivity index (χ3n) is 4.94. The van der Waals surface area contributed by atoms with Crippen molar-refractivity contribution in [2.24, 2.45) is 0 Å². The Bertz CT molecular complexity index is 933. The Morgan fingerprint density at radius 3 is 2.54 bits per heavy atom. The van der Waals surface area contributed by atoms with Crippen LogP contribution in [0.25, 0.3) is 11.1 Å². The van der Waals surface area contributed by atoms with Crippen molar-refractivity contribution >= 4 is 11.6 Å². The fourth-order valence-electron chi connectivity index (χ4n) is 3.61. The highest BCUT2D eigenvalue weighted by atomic mass is 35.5. The molecule has 26 heavy (non-hydrogen) atoms. The van der Waals surface area contributed by atoms with E-state index in [1.54, 1.807) is 4.68 Å². The Balaban J connectivity index is 1.79. The summed E-state index contributed by atoms with van der Waals surface area (Å²) in [6, 6.07) is 2.01. The highest BCUT2D eigenvalue weighted by molar-refractivity contribution is 6.32. The van der Waals surface area contributed by atoms with Gasteiger partial charge in [0, 0.05) is 24.7 Å². The molecule has 2 aliphatic rings. The zero-order valence-electron chi connectivity index (χ0n) is 14.2. The summed E-state index contributed by atoms with van der Waals surface area (Å²) < 4.78 is 37.6. The first-order valence-corrected chi connectivity index (χ1v) is 9.26. The van der Waals surface area contributed by atoms with Crippen LogP contribution in [0.5, 0.6) is 5.75 Å². The van der Waals surface area contributed by atoms with Crippen LogP contribution >= 0.6 is 11.6 Å². The summed E-state index contributed by atoms with van der Waals surface area (Å²) in [5, 5.41) is 0.184. The average Bonchev–Trinajstić information content (AvgIpc) is 2.90. The Labute approximate surface area is 154 Å². The van der Waals surface area contributed by atoms with Gasteiger partial charge in [-0.15, -0.1) is 0 Å². The van der Waals surface area contributed by atoms with Crippen LogP contribution in [0.2, 0.25) is 5.15 Å². The molecule has 138 valence electrons. The topological polar surface area (TPSA) is 36.2 Å². The normalized spacial score (nSPS) is 19.4. The van der Waals surface area contributed by atoms with Crippen molar-refractivity contribution in [2.45, 2.75) is 51.3 Å². The van der Waals surface area contributed by atoms with Crippen LogP contribution in [0.1, 0.15) is 32.1 Å². The van der Waals surface area contributed by atoms with Crippen LogP contribution in [0.3, 0.4) is 0 Å². The van der Waals surface area contributed by atoms with E-state index in [1.165, 1.54) is 10.7 Å². The fraction of sp³-hybridized carbons (Fsp3) is 0.421. The van der Waals surface area contributed by atoms with E-state index in [0.717, 1.165) is 38.2 Å². The van der Waals surface area contributed by atoms with Crippen LogP contribution in [-0.4, -0.2) is 15.5 Å². The molecule has 0 radical (unpaired) electrons. The summed E-state index contributed by atoms with van der Waals surface area (Å²) in [5.74, 6) is -1.68. The Morgan fingerprint density at radius 2 is 1.85 bits per heavy atom. The van der Waals surface area contributed by atoms with Crippen LogP contribution in [0.4, 0.5) is 8.78 Å². The lowest BCUT2D eigenvalue weighted by Crippen LogP contribution is -2.27. The number of benzene rings is 1. The first-order valence-electron chi connectivity index (χ1n) is 8.88. The maximum Gasteiger partial charge on any atom is 0.276 e. The number of hydrogen-bond donors (Lipinski definition) is 0. The summed E-state index contributed by atoms with van der Waals surface area (Å²) in [5.41, 5.74) is -0.315. The number of aromatic nitrogens is 2. The smallest absolute Gasteiger partial charge is 0.276 e. The van der Waals surface area contributed by atoms with E-state index >= 15 is 0 Å². The average molecular weight is 381 g/mol. The SMILES string of the molecule is O=c1c(-c2cc(OC3C=CCCC3)c(F)cc2F)c(Cl)n2n1CCCC2. The van der Waals surface area contributed by atoms with Crippen LogP contribution < -0.4 is 10.3 Å². The third-order valence-corrected chi connectivity index (χ3v) is 5.33. The molecule has 7 heteroatoms. The minimum atomic E-state index is -0.823. The fourth-order valence-corrected chi connectivity index (χ4v) is 3.96. The second-order valence-electron chi connectivity index (χ2n) is 6.70. The van der Waals surface area contributed by atoms with E-state index in [1.807, 2.05) is 12.2 Å². The van der Waals surface area contributed by atoms with E-state index in [0.29, 0.717) is 13.1 Å². The molecule has 2 aromatic rings. The molecule has 1 aliphatic heterocycles. The molecule has 0 amide bonds. The molecule has 0 saturated carbocycles. The van der Waals surface area contributed by atoms with E-state index in [2.05, 4.69) is 0 Å². The third kappa shape index (κ3) is 2.96. The Morgan fingerprint density at radius 1 is 1.08 bits per heavy atom. The van der Waals surface area contributed by atoms with Gasteiger partial charge in [0.25, 0.3) is 5.56 Å². The predicted molar refractivity (Wildman–Crippen MR) is 95.7 cm³/mol. The highest BCUT2D eigenvalue weighted by Crippen LogP contribution is 2.34. The molecule has 2 heterocycles. The van der Waals surface area contributed by atoms with E-state index in [-0.39, 0.29) is 33.7 Å². The van der Waals surface area contributed by atoms with Gasteiger partial charge in [-0.25, -0.2) is 13.5 Å². The molecule has 0 N–H and O–H groups in total. The maximum absolute atomic E-state index is 14.5. The van der Waals surface area contributed by atoms with Gasteiger partial charge in [-0.3, -0.25) is 9.48 Å². The molecular formula is C19H19ClF2N2O2. The van der Waals surface area contributed by atoms with Gasteiger partial charge >= 0.3 is 0 Å². The van der Waals surface area contributed by atoms with Crippen LogP contribution in [0.15, 0.2) is 29.1 Å². The van der Waals surface area contributed by atoms with E-state index < -0.39 is 11.6 Å². The van der Waals surface area contributed by atoms with Gasteiger partial charge in [0.15, 0.2) is 11.6 Å². The van der Waals surface area contributed by atoms with Crippen molar-refractivity contribution in [3.8, 4) is 16.9 Å². The predicted octanol–water partition coefficient (Wildman–Crippen LogP) is 4.53. The van der Waals surface area contributed by atoms with Crippen molar-refractivity contribution < 1.29 is 13.5 Å². The molecule has 0 fully saturated rings. The standard InChI is InChI=1S/C19H19ClF2N2O2/c20-18-17(19(25)24-9-5-4-8-23(18)24)13-10-16(15(22)11-14(13)21)26-12-6-2-1-3-7-12/h2,6,10-12H,1,3-5,7-9H2. The van der Waals surface area contributed by atoms with Crippen molar-refractivity contribution in [3.05, 3.63) is 51.4 Å². The summed E-state index contributed by atoms with van der Waals surface area (Å²) in [6.07, 6.45) is 8.08. The number of nitrogens with zero attached hydrogens (tertiary/aromatic N) is 2. The number of hydrogen-bond acceptors (Lipinski definition) is 2. The molecule has 1 aromatic carbocycles. The monoisotopic (exact) mass is 380 g/mol. The molecular weight excluding hydrogens is 362 g/mol. The van der Waals surface area contributed by atoms with Gasteiger partial charge in [0.1, 0.15) is 17.1 Å². The molecule has 1 aromatic heterocycles. The number of allylic oxidation sites excluding steroid dienone is 1. The molecule has 4 rings (SSSR count). The van der Waals surface area contributed by atoms with Gasteiger partial charge in [-0.05, 0) is 44.2 Å². The molecule has 1 atom stereocenters. The summed E-state index contributed by atoms with van der Waals surface area (Å²) >= 11 is 6.37. The summed E-state index contributed by atoms with van der Waals surface area (Å²) in [6.45, 7) is 1.14. The Kier molecular flexibility index (Phi) is 4.61. The highest BCUT2D eigenvalue weighted by Gasteiger charge is 2.26. The lowest BCUT2D eigenvalue weighted by molar-refractivity contribution is 0.219. The molecule has 1 aliphatic carbocycles. The van der Waals surface area contributed by atoms with Gasteiger partial charge in [0.05, 0.1) is 5.56 Å². The minimum Gasteiger partial charge on any atom is -0.483 e. The molecule has 0 bridgehead atoms. The molecule has 0 spiro atoms. The lowest BCUT2D eigenvalue weighted by Gasteiger charge is -2.19. The van der Waals surface area contributed by atoms with Gasteiger partial charge in [-0.1, -0.05) is 17.7 Å².